The maximum absolute atomic E-state index is 12.0. The van der Waals surface area contributed by atoms with Gasteiger partial charge in [0.1, 0.15) is 0 Å². The van der Waals surface area contributed by atoms with Crippen LogP contribution in [-0.4, -0.2) is 25.0 Å². The van der Waals surface area contributed by atoms with Crippen molar-refractivity contribution in [1.82, 2.24) is 16.0 Å². The number of amides is 1. The molecular formula is C21H29IN4O. The molecule has 0 radical (unpaired) electrons. The van der Waals surface area contributed by atoms with E-state index in [1.54, 1.807) is 0 Å². The quantitative estimate of drug-likeness (QED) is 0.324. The number of carbonyl (C=O) groups excluding carboxylic acids is 1. The summed E-state index contributed by atoms with van der Waals surface area (Å²) in [4.78, 5) is 16.6. The molecule has 0 saturated carbocycles. The summed E-state index contributed by atoms with van der Waals surface area (Å²) in [5, 5.41) is 9.16. The number of halogens is 1. The van der Waals surface area contributed by atoms with Gasteiger partial charge in [0.15, 0.2) is 5.96 Å². The van der Waals surface area contributed by atoms with E-state index in [9.17, 15) is 4.79 Å². The second-order valence-corrected chi connectivity index (χ2v) is 6.24. The molecule has 3 N–H and O–H groups in total. The largest absolute Gasteiger partial charge is 0.357 e. The van der Waals surface area contributed by atoms with Crippen molar-refractivity contribution < 1.29 is 4.79 Å². The second-order valence-electron chi connectivity index (χ2n) is 6.24. The van der Waals surface area contributed by atoms with Gasteiger partial charge in [0.05, 0.1) is 13.1 Å². The summed E-state index contributed by atoms with van der Waals surface area (Å²) in [5.74, 6) is 0.577. The van der Waals surface area contributed by atoms with Gasteiger partial charge in [-0.1, -0.05) is 54.1 Å². The molecule has 2 aromatic rings. The van der Waals surface area contributed by atoms with Gasteiger partial charge in [-0.3, -0.25) is 4.79 Å². The molecule has 146 valence electrons. The molecule has 0 aliphatic heterocycles. The number of nitrogens with one attached hydrogen (secondary N) is 3. The van der Waals surface area contributed by atoms with Gasteiger partial charge in [-0.05, 0) is 37.5 Å². The summed E-state index contributed by atoms with van der Waals surface area (Å²) in [5.41, 5.74) is 4.73. The van der Waals surface area contributed by atoms with Gasteiger partial charge in [0, 0.05) is 13.1 Å². The molecule has 1 amide bonds. The Kier molecular flexibility index (Phi) is 10.5. The van der Waals surface area contributed by atoms with Crippen molar-refractivity contribution in [3.8, 4) is 0 Å². The van der Waals surface area contributed by atoms with E-state index in [4.69, 9.17) is 0 Å². The fourth-order valence-corrected chi connectivity index (χ4v) is 2.55. The first-order chi connectivity index (χ1) is 12.6. The molecule has 0 aromatic heterocycles. The van der Waals surface area contributed by atoms with E-state index in [0.717, 1.165) is 12.1 Å². The normalized spacial score (nSPS) is 10.7. The average Bonchev–Trinajstić information content (AvgIpc) is 2.64. The zero-order chi connectivity index (χ0) is 18.8. The minimum atomic E-state index is -0.0639. The predicted octanol–water partition coefficient (Wildman–Crippen LogP) is 3.29. The van der Waals surface area contributed by atoms with Crippen LogP contribution in [0.3, 0.4) is 0 Å². The van der Waals surface area contributed by atoms with E-state index in [0.29, 0.717) is 19.0 Å². The van der Waals surface area contributed by atoms with Crippen LogP contribution >= 0.6 is 24.0 Å². The topological polar surface area (TPSA) is 65.5 Å². The molecule has 6 heteroatoms. The minimum Gasteiger partial charge on any atom is -0.357 e. The maximum atomic E-state index is 12.0. The first-order valence-corrected chi connectivity index (χ1v) is 8.97. The second kappa shape index (κ2) is 12.3. The smallest absolute Gasteiger partial charge is 0.239 e. The van der Waals surface area contributed by atoms with Crippen LogP contribution in [0.25, 0.3) is 0 Å². The van der Waals surface area contributed by atoms with Gasteiger partial charge >= 0.3 is 0 Å². The molecule has 2 aromatic carbocycles. The lowest BCUT2D eigenvalue weighted by Gasteiger charge is -2.12. The van der Waals surface area contributed by atoms with Gasteiger partial charge in [-0.15, -0.1) is 24.0 Å². The zero-order valence-corrected chi connectivity index (χ0v) is 18.5. The van der Waals surface area contributed by atoms with Gasteiger partial charge in [-0.2, -0.15) is 0 Å². The van der Waals surface area contributed by atoms with Crippen LogP contribution in [0.4, 0.5) is 0 Å². The molecule has 5 nitrogen and oxygen atoms in total. The standard InChI is InChI=1S/C21H28N4O.HI/c1-4-22-21(24-14-19-11-10-16(2)12-17(19)3)25-15-20(26)23-13-18-8-6-5-7-9-18;/h5-12H,4,13-15H2,1-3H3,(H,23,26)(H2,22,24,25);1H. The Labute approximate surface area is 179 Å². The third-order valence-electron chi connectivity index (χ3n) is 4.00. The average molecular weight is 480 g/mol. The van der Waals surface area contributed by atoms with E-state index in [1.807, 2.05) is 37.3 Å². The predicted molar refractivity (Wildman–Crippen MR) is 122 cm³/mol. The van der Waals surface area contributed by atoms with Crippen LogP contribution in [-0.2, 0) is 17.9 Å². The van der Waals surface area contributed by atoms with Crippen LogP contribution in [0.5, 0.6) is 0 Å². The molecule has 2 rings (SSSR count). The molecule has 0 fully saturated rings. The number of aryl methyl sites for hydroxylation is 2. The summed E-state index contributed by atoms with van der Waals surface area (Å²) in [6, 6.07) is 16.2. The Bertz CT molecular complexity index is 747. The van der Waals surface area contributed by atoms with Crippen molar-refractivity contribution in [3.05, 3.63) is 70.8 Å². The number of guanidine groups is 1. The lowest BCUT2D eigenvalue weighted by Crippen LogP contribution is -2.43. The highest BCUT2D eigenvalue weighted by molar-refractivity contribution is 14.0. The zero-order valence-electron chi connectivity index (χ0n) is 16.2. The summed E-state index contributed by atoms with van der Waals surface area (Å²) < 4.78 is 0. The Hall–Kier alpha value is -2.09. The van der Waals surface area contributed by atoms with E-state index in [-0.39, 0.29) is 36.4 Å². The van der Waals surface area contributed by atoms with E-state index in [1.165, 1.54) is 16.7 Å². The molecule has 0 unspecified atom stereocenters. The minimum absolute atomic E-state index is 0. The number of aliphatic imine (C=N–C) groups is 1. The van der Waals surface area contributed by atoms with Crippen molar-refractivity contribution in [2.75, 3.05) is 13.1 Å². The summed E-state index contributed by atoms with van der Waals surface area (Å²) in [7, 11) is 0. The first-order valence-electron chi connectivity index (χ1n) is 8.97. The Morgan fingerprint density at radius 1 is 1.00 bits per heavy atom. The van der Waals surface area contributed by atoms with E-state index in [2.05, 4.69) is 53.0 Å². The fourth-order valence-electron chi connectivity index (χ4n) is 2.55. The first kappa shape index (κ1) is 23.0. The Morgan fingerprint density at radius 2 is 1.74 bits per heavy atom. The number of hydrogen-bond donors (Lipinski definition) is 3. The van der Waals surface area contributed by atoms with Crippen molar-refractivity contribution in [3.63, 3.8) is 0 Å². The number of rotatable bonds is 7. The maximum Gasteiger partial charge on any atom is 0.239 e. The fraction of sp³-hybridized carbons (Fsp3) is 0.333. The third kappa shape index (κ3) is 8.43. The summed E-state index contributed by atoms with van der Waals surface area (Å²) >= 11 is 0. The third-order valence-corrected chi connectivity index (χ3v) is 4.00. The molecular weight excluding hydrogens is 451 g/mol. The molecule has 27 heavy (non-hydrogen) atoms. The van der Waals surface area contributed by atoms with Crippen LogP contribution in [0, 0.1) is 13.8 Å². The summed E-state index contributed by atoms with van der Waals surface area (Å²) in [6.45, 7) is 8.21. The molecule has 0 aliphatic carbocycles. The van der Waals surface area contributed by atoms with Gasteiger partial charge < -0.3 is 16.0 Å². The number of carbonyl (C=O) groups is 1. The molecule has 0 aliphatic rings. The van der Waals surface area contributed by atoms with Gasteiger partial charge in [0.2, 0.25) is 5.91 Å². The number of nitrogens with zero attached hydrogens (tertiary/aromatic N) is 1. The molecule has 0 bridgehead atoms. The van der Waals surface area contributed by atoms with Gasteiger partial charge in [0.25, 0.3) is 0 Å². The van der Waals surface area contributed by atoms with E-state index >= 15 is 0 Å². The van der Waals surface area contributed by atoms with Crippen molar-refractivity contribution >= 4 is 35.8 Å². The van der Waals surface area contributed by atoms with E-state index < -0.39 is 0 Å². The van der Waals surface area contributed by atoms with Crippen LogP contribution < -0.4 is 16.0 Å². The van der Waals surface area contributed by atoms with Crippen molar-refractivity contribution in [2.45, 2.75) is 33.9 Å². The molecule has 0 spiro atoms. The molecule has 0 atom stereocenters. The lowest BCUT2D eigenvalue weighted by atomic mass is 10.1. The number of hydrogen-bond acceptors (Lipinski definition) is 2. The SMILES string of the molecule is CCNC(=NCc1ccc(C)cc1C)NCC(=O)NCc1ccccc1.I. The Balaban J connectivity index is 0.00000364. The van der Waals surface area contributed by atoms with Crippen LogP contribution in [0.2, 0.25) is 0 Å². The lowest BCUT2D eigenvalue weighted by molar-refractivity contribution is -0.120. The number of benzene rings is 2. The van der Waals surface area contributed by atoms with Crippen LogP contribution in [0.1, 0.15) is 29.2 Å². The molecule has 0 heterocycles. The summed E-state index contributed by atoms with van der Waals surface area (Å²) in [6.07, 6.45) is 0. The van der Waals surface area contributed by atoms with Crippen molar-refractivity contribution in [2.24, 2.45) is 4.99 Å². The molecule has 0 saturated heterocycles. The van der Waals surface area contributed by atoms with Gasteiger partial charge in [-0.25, -0.2) is 4.99 Å². The van der Waals surface area contributed by atoms with Crippen molar-refractivity contribution in [1.29, 1.82) is 0 Å². The highest BCUT2D eigenvalue weighted by Crippen LogP contribution is 2.11. The highest BCUT2D eigenvalue weighted by atomic mass is 127. The highest BCUT2D eigenvalue weighted by Gasteiger charge is 2.04. The van der Waals surface area contributed by atoms with Crippen LogP contribution in [0.15, 0.2) is 53.5 Å². The Morgan fingerprint density at radius 3 is 2.41 bits per heavy atom. The monoisotopic (exact) mass is 480 g/mol.